The minimum absolute atomic E-state index is 0.00817. The molecule has 9 nitrogen and oxygen atoms in total. The zero-order valence-electron chi connectivity index (χ0n) is 15.9. The summed E-state index contributed by atoms with van der Waals surface area (Å²) in [7, 11) is 0. The van der Waals surface area contributed by atoms with Crippen LogP contribution in [0, 0.1) is 11.5 Å². The number of nitrogens with two attached hydrogens (primary N) is 2. The zero-order chi connectivity index (χ0) is 21.1. The fraction of sp³-hybridized carbons (Fsp3) is 0.333. The highest BCUT2D eigenvalue weighted by atomic mass is 32.2. The Morgan fingerprint density at radius 1 is 1.38 bits per heavy atom. The number of hydrogen-bond acceptors (Lipinski definition) is 7. The fourth-order valence-corrected chi connectivity index (χ4v) is 3.88. The molecular formula is C18H24N8OS2. The van der Waals surface area contributed by atoms with Crippen LogP contribution < -0.4 is 22.1 Å². The SMILES string of the molecule is CC(/N=C(\NC#N)NCCSCc1csc(N=C(N)N)n1)C(O)c1ccccc1. The normalized spacial score (nSPS) is 13.2. The van der Waals surface area contributed by atoms with Gasteiger partial charge in [-0.1, -0.05) is 30.3 Å². The third-order valence-electron chi connectivity index (χ3n) is 3.66. The molecule has 2 rings (SSSR count). The second-order valence-electron chi connectivity index (χ2n) is 5.95. The molecule has 0 bridgehead atoms. The first-order valence-electron chi connectivity index (χ1n) is 8.81. The van der Waals surface area contributed by atoms with Crippen molar-refractivity contribution in [1.29, 1.82) is 5.26 Å². The maximum atomic E-state index is 10.4. The highest BCUT2D eigenvalue weighted by Gasteiger charge is 2.16. The van der Waals surface area contributed by atoms with Crippen LogP contribution in [0.15, 0.2) is 45.7 Å². The third-order valence-corrected chi connectivity index (χ3v) is 5.43. The summed E-state index contributed by atoms with van der Waals surface area (Å²) in [4.78, 5) is 12.6. The lowest BCUT2D eigenvalue weighted by Gasteiger charge is -2.17. The minimum atomic E-state index is -0.757. The fourth-order valence-electron chi connectivity index (χ4n) is 2.32. The van der Waals surface area contributed by atoms with Crippen LogP contribution in [0.5, 0.6) is 0 Å². The number of aromatic nitrogens is 1. The van der Waals surface area contributed by atoms with Crippen molar-refractivity contribution in [3.63, 3.8) is 0 Å². The first kappa shape index (κ1) is 22.5. The van der Waals surface area contributed by atoms with E-state index in [1.54, 1.807) is 18.7 Å². The van der Waals surface area contributed by atoms with Crippen molar-refractivity contribution in [1.82, 2.24) is 15.6 Å². The van der Waals surface area contributed by atoms with Crippen LogP contribution in [0.1, 0.15) is 24.3 Å². The zero-order valence-corrected chi connectivity index (χ0v) is 17.6. The van der Waals surface area contributed by atoms with Gasteiger partial charge in [-0.25, -0.2) is 9.98 Å². The molecule has 0 saturated heterocycles. The van der Waals surface area contributed by atoms with Crippen LogP contribution in [0.4, 0.5) is 5.13 Å². The predicted molar refractivity (Wildman–Crippen MR) is 119 cm³/mol. The van der Waals surface area contributed by atoms with Gasteiger partial charge in [0, 0.05) is 23.4 Å². The van der Waals surface area contributed by atoms with E-state index >= 15 is 0 Å². The molecule has 2 unspecified atom stereocenters. The maximum Gasteiger partial charge on any atom is 0.212 e. The summed E-state index contributed by atoms with van der Waals surface area (Å²) in [5.74, 6) is 1.82. The molecule has 11 heteroatoms. The van der Waals surface area contributed by atoms with E-state index in [4.69, 9.17) is 16.7 Å². The van der Waals surface area contributed by atoms with Crippen LogP contribution in [0.25, 0.3) is 0 Å². The first-order chi connectivity index (χ1) is 14.0. The van der Waals surface area contributed by atoms with Gasteiger partial charge in [-0.2, -0.15) is 22.0 Å². The van der Waals surface area contributed by atoms with Crippen molar-refractivity contribution in [3.05, 3.63) is 47.0 Å². The Hall–Kier alpha value is -2.81. The van der Waals surface area contributed by atoms with Crippen molar-refractivity contribution >= 4 is 40.1 Å². The highest BCUT2D eigenvalue weighted by Crippen LogP contribution is 2.21. The number of nitrogens with zero attached hydrogens (tertiary/aromatic N) is 4. The van der Waals surface area contributed by atoms with Crippen LogP contribution >= 0.6 is 23.1 Å². The topological polar surface area (TPSA) is 158 Å². The van der Waals surface area contributed by atoms with E-state index in [1.165, 1.54) is 11.3 Å². The summed E-state index contributed by atoms with van der Waals surface area (Å²) >= 11 is 3.06. The number of nitriles is 1. The Labute approximate surface area is 178 Å². The molecule has 2 atom stereocenters. The molecule has 2 aromatic rings. The van der Waals surface area contributed by atoms with E-state index in [9.17, 15) is 5.11 Å². The molecule has 0 spiro atoms. The average molecular weight is 433 g/mol. The lowest BCUT2D eigenvalue weighted by atomic mass is 10.0. The van der Waals surface area contributed by atoms with Crippen LogP contribution in [-0.2, 0) is 5.75 Å². The van der Waals surface area contributed by atoms with Gasteiger partial charge in [0.2, 0.25) is 11.1 Å². The highest BCUT2D eigenvalue weighted by molar-refractivity contribution is 7.98. The van der Waals surface area contributed by atoms with Crippen molar-refractivity contribution in [2.24, 2.45) is 21.5 Å². The number of rotatable bonds is 9. The molecule has 0 radical (unpaired) electrons. The summed E-state index contributed by atoms with van der Waals surface area (Å²) in [6, 6.07) is 8.88. The van der Waals surface area contributed by atoms with E-state index in [0.717, 1.165) is 22.8 Å². The number of aliphatic hydroxyl groups is 1. The molecule has 29 heavy (non-hydrogen) atoms. The largest absolute Gasteiger partial charge is 0.386 e. The summed E-state index contributed by atoms with van der Waals surface area (Å²) in [5.41, 5.74) is 12.4. The lowest BCUT2D eigenvalue weighted by molar-refractivity contribution is 0.154. The Morgan fingerprint density at radius 2 is 2.14 bits per heavy atom. The quantitative estimate of drug-likeness (QED) is 0.131. The lowest BCUT2D eigenvalue weighted by Crippen LogP contribution is -2.37. The van der Waals surface area contributed by atoms with E-state index in [1.807, 2.05) is 41.9 Å². The molecule has 0 aliphatic rings. The number of aliphatic hydroxyl groups excluding tert-OH is 1. The van der Waals surface area contributed by atoms with Crippen LogP contribution in [0.3, 0.4) is 0 Å². The molecule has 0 aliphatic heterocycles. The van der Waals surface area contributed by atoms with E-state index < -0.39 is 12.1 Å². The number of guanidine groups is 2. The van der Waals surface area contributed by atoms with Crippen molar-refractivity contribution < 1.29 is 5.11 Å². The molecule has 0 aliphatic carbocycles. The number of thiazole rings is 1. The van der Waals surface area contributed by atoms with Gasteiger partial charge in [0.1, 0.15) is 6.10 Å². The Morgan fingerprint density at radius 3 is 2.83 bits per heavy atom. The third kappa shape index (κ3) is 7.98. The maximum absolute atomic E-state index is 10.4. The van der Waals surface area contributed by atoms with E-state index in [2.05, 4.69) is 25.6 Å². The second kappa shape index (κ2) is 11.9. The summed E-state index contributed by atoms with van der Waals surface area (Å²) in [6.45, 7) is 2.39. The monoisotopic (exact) mass is 432 g/mol. The number of nitrogens with one attached hydrogen (secondary N) is 2. The molecule has 1 aromatic carbocycles. The minimum Gasteiger partial charge on any atom is -0.386 e. The van der Waals surface area contributed by atoms with Gasteiger partial charge in [0.15, 0.2) is 12.2 Å². The molecule has 1 aromatic heterocycles. The van der Waals surface area contributed by atoms with Gasteiger partial charge < -0.3 is 21.9 Å². The van der Waals surface area contributed by atoms with Crippen molar-refractivity contribution in [2.75, 3.05) is 12.3 Å². The molecule has 7 N–H and O–H groups in total. The van der Waals surface area contributed by atoms with Gasteiger partial charge in [-0.3, -0.25) is 5.32 Å². The molecule has 0 amide bonds. The number of thioether (sulfide) groups is 1. The standard InChI is InChI=1S/C18H24N8OS2/c1-12(15(27)13-5-3-2-4-6-13)24-17(23-11-19)22-7-8-28-9-14-10-29-18(25-14)26-16(20)21/h2-6,10,12,15,27H,7-9H2,1H3,(H2,22,23,24)(H4,20,21,25,26). The summed E-state index contributed by atoms with van der Waals surface area (Å²) in [6.07, 6.45) is 1.11. The molecule has 1 heterocycles. The van der Waals surface area contributed by atoms with Crippen LogP contribution in [-0.4, -0.2) is 40.3 Å². The number of hydrogen-bond donors (Lipinski definition) is 5. The van der Waals surface area contributed by atoms with Gasteiger partial charge in [-0.15, -0.1) is 11.3 Å². The molecular weight excluding hydrogens is 408 g/mol. The Kier molecular flexibility index (Phi) is 9.23. The van der Waals surface area contributed by atoms with Crippen LogP contribution in [0.2, 0.25) is 0 Å². The molecule has 0 saturated carbocycles. The molecule has 0 fully saturated rings. The Bertz CT molecular complexity index is 858. The smallest absolute Gasteiger partial charge is 0.212 e. The average Bonchev–Trinajstić information content (AvgIpc) is 3.14. The molecule has 154 valence electrons. The van der Waals surface area contributed by atoms with Crippen molar-refractivity contribution in [3.8, 4) is 6.19 Å². The Balaban J connectivity index is 1.80. The van der Waals surface area contributed by atoms with Gasteiger partial charge in [-0.05, 0) is 12.5 Å². The van der Waals surface area contributed by atoms with E-state index in [0.29, 0.717) is 17.6 Å². The second-order valence-corrected chi connectivity index (χ2v) is 7.89. The van der Waals surface area contributed by atoms with Gasteiger partial charge in [0.05, 0.1) is 11.7 Å². The number of benzene rings is 1. The van der Waals surface area contributed by atoms with Gasteiger partial charge >= 0.3 is 0 Å². The first-order valence-corrected chi connectivity index (χ1v) is 10.8. The predicted octanol–water partition coefficient (Wildman–Crippen LogP) is 1.42. The summed E-state index contributed by atoms with van der Waals surface area (Å²) in [5, 5.41) is 27.4. The van der Waals surface area contributed by atoms with Crippen molar-refractivity contribution in [2.45, 2.75) is 24.8 Å². The summed E-state index contributed by atoms with van der Waals surface area (Å²) < 4.78 is 0. The number of aliphatic imine (C=N–C) groups is 2. The van der Waals surface area contributed by atoms with Gasteiger partial charge in [0.25, 0.3) is 0 Å². The van der Waals surface area contributed by atoms with E-state index in [-0.39, 0.29) is 5.96 Å².